The summed E-state index contributed by atoms with van der Waals surface area (Å²) in [6.45, 7) is 11.2. The molecule has 0 aromatic heterocycles. The molecular weight excluding hydrogens is 138 g/mol. The van der Waals surface area contributed by atoms with Gasteiger partial charge in [0.25, 0.3) is 0 Å². The highest BCUT2D eigenvalue weighted by molar-refractivity contribution is 4.33. The van der Waals surface area contributed by atoms with Gasteiger partial charge in [-0.05, 0) is 20.3 Å². The Morgan fingerprint density at radius 1 is 1.09 bits per heavy atom. The molecular formula is C9H22NO+. The summed E-state index contributed by atoms with van der Waals surface area (Å²) in [5, 5.41) is 0. The zero-order chi connectivity index (χ0) is 8.74. The molecule has 0 aromatic rings. The topological polar surface area (TPSA) is 9.23 Å². The fraction of sp³-hybridized carbons (Fsp3) is 1.00. The van der Waals surface area contributed by atoms with Gasteiger partial charge in [-0.1, -0.05) is 6.92 Å². The normalized spacial score (nSPS) is 12.0. The Hall–Kier alpha value is -0.0800. The maximum absolute atomic E-state index is 5.21. The van der Waals surface area contributed by atoms with Crippen molar-refractivity contribution >= 4 is 0 Å². The third-order valence-electron chi connectivity index (χ3n) is 2.44. The van der Waals surface area contributed by atoms with Gasteiger partial charge in [0.05, 0.1) is 19.6 Å². The molecule has 2 heteroatoms. The van der Waals surface area contributed by atoms with E-state index >= 15 is 0 Å². The second-order valence-corrected chi connectivity index (χ2v) is 3.12. The van der Waals surface area contributed by atoms with Gasteiger partial charge in [0, 0.05) is 7.11 Å². The minimum absolute atomic E-state index is 0.862. The van der Waals surface area contributed by atoms with Crippen molar-refractivity contribution in [3.05, 3.63) is 0 Å². The van der Waals surface area contributed by atoms with Crippen molar-refractivity contribution in [2.45, 2.75) is 27.2 Å². The molecule has 0 heterocycles. The first-order valence-electron chi connectivity index (χ1n) is 4.58. The molecule has 2 nitrogen and oxygen atoms in total. The van der Waals surface area contributed by atoms with E-state index in [-0.39, 0.29) is 0 Å². The molecule has 0 aliphatic heterocycles. The maximum atomic E-state index is 5.21. The summed E-state index contributed by atoms with van der Waals surface area (Å²) in [5.41, 5.74) is 0. The number of hydrogen-bond donors (Lipinski definition) is 0. The highest BCUT2D eigenvalue weighted by Crippen LogP contribution is 2.06. The predicted octanol–water partition coefficient (Wildman–Crippen LogP) is 1.86. The standard InChI is InChI=1S/C9H22NO/c1-5-8-10(6-2,7-3)9-11-4/h5-9H2,1-4H3/q+1. The molecule has 0 saturated heterocycles. The van der Waals surface area contributed by atoms with Gasteiger partial charge in [0.1, 0.15) is 0 Å². The molecule has 11 heavy (non-hydrogen) atoms. The first kappa shape index (κ1) is 10.9. The van der Waals surface area contributed by atoms with E-state index in [1.54, 1.807) is 7.11 Å². The monoisotopic (exact) mass is 160 g/mol. The Morgan fingerprint density at radius 2 is 1.64 bits per heavy atom. The van der Waals surface area contributed by atoms with Crippen LogP contribution in [0.15, 0.2) is 0 Å². The number of rotatable bonds is 6. The number of hydrogen-bond acceptors (Lipinski definition) is 1. The summed E-state index contributed by atoms with van der Waals surface area (Å²) in [6, 6.07) is 0. The number of quaternary nitrogens is 1. The molecule has 0 N–H and O–H groups in total. The van der Waals surface area contributed by atoms with Crippen LogP contribution in [0.1, 0.15) is 27.2 Å². The lowest BCUT2D eigenvalue weighted by molar-refractivity contribution is -0.942. The van der Waals surface area contributed by atoms with Crippen LogP contribution in [0.25, 0.3) is 0 Å². The molecule has 0 fully saturated rings. The zero-order valence-corrected chi connectivity index (χ0v) is 8.39. The van der Waals surface area contributed by atoms with E-state index in [1.807, 2.05) is 0 Å². The molecule has 0 unspecified atom stereocenters. The van der Waals surface area contributed by atoms with Crippen molar-refractivity contribution in [2.24, 2.45) is 0 Å². The number of methoxy groups -OCH3 is 1. The van der Waals surface area contributed by atoms with Crippen LogP contribution in [0, 0.1) is 0 Å². The van der Waals surface area contributed by atoms with Crippen LogP contribution in [0.3, 0.4) is 0 Å². The van der Waals surface area contributed by atoms with Crippen molar-refractivity contribution in [2.75, 3.05) is 33.5 Å². The minimum Gasteiger partial charge on any atom is -0.335 e. The van der Waals surface area contributed by atoms with Crippen LogP contribution < -0.4 is 0 Å². The van der Waals surface area contributed by atoms with E-state index in [0.29, 0.717) is 0 Å². The molecule has 0 aliphatic carbocycles. The molecule has 0 rings (SSSR count). The average Bonchev–Trinajstić information content (AvgIpc) is 2.04. The molecule has 0 radical (unpaired) electrons. The van der Waals surface area contributed by atoms with E-state index in [2.05, 4.69) is 20.8 Å². The molecule has 0 spiro atoms. The minimum atomic E-state index is 0.862. The van der Waals surface area contributed by atoms with Crippen molar-refractivity contribution in [1.82, 2.24) is 0 Å². The fourth-order valence-electron chi connectivity index (χ4n) is 1.54. The van der Waals surface area contributed by atoms with Gasteiger partial charge in [-0.25, -0.2) is 0 Å². The van der Waals surface area contributed by atoms with Crippen LogP contribution in [-0.2, 0) is 4.74 Å². The van der Waals surface area contributed by atoms with E-state index < -0.39 is 0 Å². The third kappa shape index (κ3) is 3.21. The molecule has 0 bridgehead atoms. The summed E-state index contributed by atoms with van der Waals surface area (Å²) in [6.07, 6.45) is 1.24. The lowest BCUT2D eigenvalue weighted by Gasteiger charge is -2.35. The van der Waals surface area contributed by atoms with Gasteiger partial charge in [-0.15, -0.1) is 0 Å². The van der Waals surface area contributed by atoms with Crippen molar-refractivity contribution < 1.29 is 9.22 Å². The highest BCUT2D eigenvalue weighted by atomic mass is 16.5. The SMILES string of the molecule is CCC[N+](CC)(CC)COC. The largest absolute Gasteiger partial charge is 0.335 e. The lowest BCUT2D eigenvalue weighted by atomic mass is 10.3. The van der Waals surface area contributed by atoms with Gasteiger partial charge in [0.2, 0.25) is 0 Å². The molecule has 0 saturated carbocycles. The maximum Gasteiger partial charge on any atom is 0.182 e. The Labute approximate surface area is 70.7 Å². The van der Waals surface area contributed by atoms with E-state index in [0.717, 1.165) is 11.2 Å². The lowest BCUT2D eigenvalue weighted by Crippen LogP contribution is -2.49. The van der Waals surface area contributed by atoms with E-state index in [1.165, 1.54) is 26.1 Å². The Morgan fingerprint density at radius 3 is 1.91 bits per heavy atom. The van der Waals surface area contributed by atoms with Gasteiger partial charge < -0.3 is 9.22 Å². The summed E-state index contributed by atoms with van der Waals surface area (Å²) in [4.78, 5) is 0. The summed E-state index contributed by atoms with van der Waals surface area (Å²) >= 11 is 0. The van der Waals surface area contributed by atoms with Crippen LogP contribution in [0.2, 0.25) is 0 Å². The molecule has 68 valence electrons. The Kier molecular flexibility index (Phi) is 5.51. The third-order valence-corrected chi connectivity index (χ3v) is 2.44. The van der Waals surface area contributed by atoms with Crippen molar-refractivity contribution in [3.8, 4) is 0 Å². The Bertz CT molecular complexity index is 81.6. The highest BCUT2D eigenvalue weighted by Gasteiger charge is 2.20. The first-order chi connectivity index (χ1) is 5.24. The van der Waals surface area contributed by atoms with Gasteiger partial charge in [-0.3, -0.25) is 0 Å². The van der Waals surface area contributed by atoms with E-state index in [9.17, 15) is 0 Å². The van der Waals surface area contributed by atoms with Crippen LogP contribution in [-0.4, -0.2) is 38.0 Å². The van der Waals surface area contributed by atoms with Crippen LogP contribution in [0.4, 0.5) is 0 Å². The molecule has 0 aromatic carbocycles. The second kappa shape index (κ2) is 5.56. The summed E-state index contributed by atoms with van der Waals surface area (Å²) < 4.78 is 6.32. The van der Waals surface area contributed by atoms with Crippen LogP contribution in [0.5, 0.6) is 0 Å². The molecule has 0 amide bonds. The van der Waals surface area contributed by atoms with Gasteiger partial charge >= 0.3 is 0 Å². The average molecular weight is 160 g/mol. The first-order valence-corrected chi connectivity index (χ1v) is 4.58. The van der Waals surface area contributed by atoms with Crippen molar-refractivity contribution in [1.29, 1.82) is 0 Å². The van der Waals surface area contributed by atoms with E-state index in [4.69, 9.17) is 4.74 Å². The molecule has 0 atom stereocenters. The van der Waals surface area contributed by atoms with Crippen molar-refractivity contribution in [3.63, 3.8) is 0 Å². The zero-order valence-electron chi connectivity index (χ0n) is 8.39. The number of ether oxygens (including phenoxy) is 1. The predicted molar refractivity (Wildman–Crippen MR) is 48.4 cm³/mol. The smallest absolute Gasteiger partial charge is 0.182 e. The Balaban J connectivity index is 3.96. The summed E-state index contributed by atoms with van der Waals surface area (Å²) in [5.74, 6) is 0. The van der Waals surface area contributed by atoms with Gasteiger partial charge in [-0.2, -0.15) is 0 Å². The second-order valence-electron chi connectivity index (χ2n) is 3.12. The number of nitrogens with zero attached hydrogens (tertiary/aromatic N) is 1. The van der Waals surface area contributed by atoms with Crippen LogP contribution >= 0.6 is 0 Å². The van der Waals surface area contributed by atoms with Gasteiger partial charge in [0.15, 0.2) is 6.73 Å². The summed E-state index contributed by atoms with van der Waals surface area (Å²) in [7, 11) is 1.79. The molecule has 0 aliphatic rings. The fourth-order valence-corrected chi connectivity index (χ4v) is 1.54. The quantitative estimate of drug-likeness (QED) is 0.425.